The van der Waals surface area contributed by atoms with E-state index in [0.717, 1.165) is 21.7 Å². The normalized spacial score (nSPS) is 22.4. The SMILES string of the molecule is Cc1nc(CN(CCO)C2CCS(=O)(=O)CC2)c2cc(C3CCC(C)(C)CC3)sc2n1. The molecule has 0 spiro atoms. The van der Waals surface area contributed by atoms with Gasteiger partial charge in [0.25, 0.3) is 0 Å². The zero-order valence-electron chi connectivity index (χ0n) is 18.9. The maximum Gasteiger partial charge on any atom is 0.150 e. The van der Waals surface area contributed by atoms with E-state index in [9.17, 15) is 13.5 Å². The Hall–Kier alpha value is -1.09. The molecule has 0 unspecified atom stereocenters. The number of sulfone groups is 1. The van der Waals surface area contributed by atoms with Crippen LogP contribution in [0.5, 0.6) is 0 Å². The molecule has 0 amide bonds. The number of rotatable bonds is 6. The molecule has 1 aliphatic carbocycles. The minimum Gasteiger partial charge on any atom is -0.395 e. The van der Waals surface area contributed by atoms with Crippen LogP contribution in [0.25, 0.3) is 10.2 Å². The number of nitrogens with zero attached hydrogens (tertiary/aromatic N) is 3. The van der Waals surface area contributed by atoms with E-state index in [4.69, 9.17) is 9.97 Å². The molecule has 1 saturated heterocycles. The van der Waals surface area contributed by atoms with Crippen LogP contribution < -0.4 is 0 Å². The fourth-order valence-electron chi connectivity index (χ4n) is 5.08. The van der Waals surface area contributed by atoms with Gasteiger partial charge in [0.2, 0.25) is 0 Å². The summed E-state index contributed by atoms with van der Waals surface area (Å²) in [6.07, 6.45) is 6.24. The third kappa shape index (κ3) is 5.46. The van der Waals surface area contributed by atoms with Gasteiger partial charge < -0.3 is 5.11 Å². The summed E-state index contributed by atoms with van der Waals surface area (Å²) >= 11 is 1.81. The molecule has 1 aliphatic heterocycles. The standard InChI is InChI=1S/C23H35N3O3S2/c1-16-24-20(15-26(10-11-27)18-6-12-31(28,29)13-7-18)19-14-21(30-22(19)25-16)17-4-8-23(2,3)9-5-17/h14,17-18,27H,4-13,15H2,1-3H3. The lowest BCUT2D eigenvalue weighted by Crippen LogP contribution is -2.42. The number of aromatic nitrogens is 2. The van der Waals surface area contributed by atoms with Crippen molar-refractivity contribution in [3.05, 3.63) is 22.5 Å². The molecule has 0 aromatic carbocycles. The lowest BCUT2D eigenvalue weighted by molar-refractivity contribution is 0.134. The Morgan fingerprint density at radius 1 is 1.16 bits per heavy atom. The molecule has 4 rings (SSSR count). The Labute approximate surface area is 190 Å². The van der Waals surface area contributed by atoms with Gasteiger partial charge in [-0.1, -0.05) is 13.8 Å². The van der Waals surface area contributed by atoms with Crippen molar-refractivity contribution < 1.29 is 13.5 Å². The Morgan fingerprint density at radius 2 is 1.84 bits per heavy atom. The van der Waals surface area contributed by atoms with Crippen LogP contribution in [0.1, 0.15) is 74.7 Å². The van der Waals surface area contributed by atoms with Crippen LogP contribution in [0.4, 0.5) is 0 Å². The maximum atomic E-state index is 11.9. The van der Waals surface area contributed by atoms with E-state index in [0.29, 0.717) is 37.3 Å². The maximum absolute atomic E-state index is 11.9. The Morgan fingerprint density at radius 3 is 2.48 bits per heavy atom. The molecule has 2 aliphatic rings. The molecule has 1 N–H and O–H groups in total. The molecule has 31 heavy (non-hydrogen) atoms. The average molecular weight is 466 g/mol. The van der Waals surface area contributed by atoms with Crippen molar-refractivity contribution in [2.24, 2.45) is 5.41 Å². The molecule has 3 heterocycles. The summed E-state index contributed by atoms with van der Waals surface area (Å²) in [6, 6.07) is 2.47. The fourth-order valence-corrected chi connectivity index (χ4v) is 7.81. The van der Waals surface area contributed by atoms with Gasteiger partial charge in [0.1, 0.15) is 20.5 Å². The highest BCUT2D eigenvalue weighted by Crippen LogP contribution is 2.45. The zero-order valence-corrected chi connectivity index (χ0v) is 20.6. The molecule has 0 atom stereocenters. The van der Waals surface area contributed by atoms with Crippen molar-refractivity contribution in [3.63, 3.8) is 0 Å². The number of hydrogen-bond acceptors (Lipinski definition) is 7. The molecule has 0 radical (unpaired) electrons. The molecule has 1 saturated carbocycles. The summed E-state index contributed by atoms with van der Waals surface area (Å²) in [5, 5.41) is 10.8. The number of thiophene rings is 1. The molecule has 2 aromatic heterocycles. The lowest BCUT2D eigenvalue weighted by atomic mass is 9.73. The van der Waals surface area contributed by atoms with E-state index < -0.39 is 9.84 Å². The van der Waals surface area contributed by atoms with Gasteiger partial charge in [0, 0.05) is 29.4 Å². The summed E-state index contributed by atoms with van der Waals surface area (Å²) in [5.41, 5.74) is 1.45. The number of aryl methyl sites for hydroxylation is 1. The first-order chi connectivity index (χ1) is 14.7. The van der Waals surface area contributed by atoms with E-state index in [2.05, 4.69) is 24.8 Å². The molecule has 0 bridgehead atoms. The lowest BCUT2D eigenvalue weighted by Gasteiger charge is -2.34. The summed E-state index contributed by atoms with van der Waals surface area (Å²) in [7, 11) is -2.91. The zero-order chi connectivity index (χ0) is 22.2. The smallest absolute Gasteiger partial charge is 0.150 e. The first-order valence-corrected chi connectivity index (χ1v) is 14.1. The highest BCUT2D eigenvalue weighted by atomic mass is 32.2. The van der Waals surface area contributed by atoms with Gasteiger partial charge in [-0.3, -0.25) is 4.90 Å². The van der Waals surface area contributed by atoms with Crippen molar-refractivity contribution in [1.29, 1.82) is 0 Å². The van der Waals surface area contributed by atoms with E-state index in [-0.39, 0.29) is 24.2 Å². The Kier molecular flexibility index (Phi) is 6.73. The van der Waals surface area contributed by atoms with E-state index in [1.54, 1.807) is 0 Å². The second kappa shape index (κ2) is 9.04. The fraction of sp³-hybridized carbons (Fsp3) is 0.739. The predicted octanol–water partition coefficient (Wildman–Crippen LogP) is 4.06. The molecule has 6 nitrogen and oxygen atoms in total. The van der Waals surface area contributed by atoms with Crippen LogP contribution in [-0.4, -0.2) is 59.1 Å². The number of fused-ring (bicyclic) bond motifs is 1. The highest BCUT2D eigenvalue weighted by molar-refractivity contribution is 7.91. The highest BCUT2D eigenvalue weighted by Gasteiger charge is 2.30. The molecular weight excluding hydrogens is 430 g/mol. The topological polar surface area (TPSA) is 83.4 Å². The van der Waals surface area contributed by atoms with Crippen LogP contribution in [0.2, 0.25) is 0 Å². The third-order valence-electron chi connectivity index (χ3n) is 7.12. The largest absolute Gasteiger partial charge is 0.395 e. The van der Waals surface area contributed by atoms with Crippen molar-refractivity contribution in [2.75, 3.05) is 24.7 Å². The van der Waals surface area contributed by atoms with Crippen LogP contribution in [0.15, 0.2) is 6.07 Å². The molecule has 2 aromatic rings. The van der Waals surface area contributed by atoms with Crippen molar-refractivity contribution in [2.45, 2.75) is 77.8 Å². The molecular formula is C23H35N3O3S2. The molecule has 172 valence electrons. The van der Waals surface area contributed by atoms with Crippen LogP contribution in [0, 0.1) is 12.3 Å². The van der Waals surface area contributed by atoms with Crippen LogP contribution in [0.3, 0.4) is 0 Å². The molecule has 8 heteroatoms. The van der Waals surface area contributed by atoms with Crippen LogP contribution in [-0.2, 0) is 16.4 Å². The van der Waals surface area contributed by atoms with E-state index in [1.807, 2.05) is 18.3 Å². The monoisotopic (exact) mass is 465 g/mol. The molecule has 2 fully saturated rings. The van der Waals surface area contributed by atoms with Crippen LogP contribution >= 0.6 is 11.3 Å². The summed E-state index contributed by atoms with van der Waals surface area (Å²) in [6.45, 7) is 7.89. The first-order valence-electron chi connectivity index (χ1n) is 11.5. The minimum atomic E-state index is -2.91. The number of aliphatic hydroxyl groups is 1. The van der Waals surface area contributed by atoms with Gasteiger partial charge >= 0.3 is 0 Å². The minimum absolute atomic E-state index is 0.0587. The quantitative estimate of drug-likeness (QED) is 0.693. The van der Waals surface area contributed by atoms with E-state index >= 15 is 0 Å². The summed E-state index contributed by atoms with van der Waals surface area (Å²) in [4.78, 5) is 14.2. The third-order valence-corrected chi connectivity index (χ3v) is 10.0. The second-order valence-electron chi connectivity index (χ2n) is 10.1. The van der Waals surface area contributed by atoms with Gasteiger partial charge in [-0.15, -0.1) is 11.3 Å². The van der Waals surface area contributed by atoms with Gasteiger partial charge in [-0.2, -0.15) is 0 Å². The van der Waals surface area contributed by atoms with Crippen molar-refractivity contribution in [3.8, 4) is 0 Å². The van der Waals surface area contributed by atoms with E-state index in [1.165, 1.54) is 30.6 Å². The second-order valence-corrected chi connectivity index (χ2v) is 13.5. The average Bonchev–Trinajstić information content (AvgIpc) is 3.11. The number of aliphatic hydroxyl groups excluding tert-OH is 1. The van der Waals surface area contributed by atoms with Crippen molar-refractivity contribution in [1.82, 2.24) is 14.9 Å². The van der Waals surface area contributed by atoms with Gasteiger partial charge in [0.15, 0.2) is 0 Å². The Balaban J connectivity index is 1.58. The summed E-state index contributed by atoms with van der Waals surface area (Å²) < 4.78 is 23.7. The summed E-state index contributed by atoms with van der Waals surface area (Å²) in [5.74, 6) is 1.85. The first kappa shape index (κ1) is 23.1. The Bertz CT molecular complexity index is 1010. The predicted molar refractivity (Wildman–Crippen MR) is 126 cm³/mol. The van der Waals surface area contributed by atoms with Crippen molar-refractivity contribution >= 4 is 31.4 Å². The number of hydrogen-bond donors (Lipinski definition) is 1. The van der Waals surface area contributed by atoms with Gasteiger partial charge in [-0.25, -0.2) is 18.4 Å². The van der Waals surface area contributed by atoms with Gasteiger partial charge in [0.05, 0.1) is 23.8 Å². The van der Waals surface area contributed by atoms with Gasteiger partial charge in [-0.05, 0) is 62.8 Å².